The van der Waals surface area contributed by atoms with Gasteiger partial charge in [-0.25, -0.2) is 0 Å². The second-order valence-corrected chi connectivity index (χ2v) is 4.61. The van der Waals surface area contributed by atoms with Crippen molar-refractivity contribution in [2.75, 3.05) is 0 Å². The Hall–Kier alpha value is -0.820. The lowest BCUT2D eigenvalue weighted by atomic mass is 9.56. The first kappa shape index (κ1) is 8.76. The predicted octanol–water partition coefficient (Wildman–Crippen LogP) is 2.69. The van der Waals surface area contributed by atoms with Gasteiger partial charge in [0.05, 0.1) is 5.60 Å². The molecule has 0 saturated heterocycles. The first-order valence-electron chi connectivity index (χ1n) is 4.84. The lowest BCUT2D eigenvalue weighted by Crippen LogP contribution is -2.50. The SMILES string of the molecule is CC1(C)CCC1(O)c1ccccc1. The Labute approximate surface area is 79.4 Å². The zero-order valence-electron chi connectivity index (χ0n) is 8.25. The van der Waals surface area contributed by atoms with E-state index in [-0.39, 0.29) is 5.41 Å². The molecule has 1 heteroatoms. The van der Waals surface area contributed by atoms with Crippen LogP contribution < -0.4 is 0 Å². The Bertz CT molecular complexity index is 302. The number of hydrogen-bond donors (Lipinski definition) is 1. The van der Waals surface area contributed by atoms with Gasteiger partial charge in [-0.15, -0.1) is 0 Å². The largest absolute Gasteiger partial charge is 0.385 e. The summed E-state index contributed by atoms with van der Waals surface area (Å²) in [5.41, 5.74) is 0.508. The minimum Gasteiger partial charge on any atom is -0.385 e. The van der Waals surface area contributed by atoms with E-state index in [2.05, 4.69) is 13.8 Å². The van der Waals surface area contributed by atoms with Crippen LogP contribution in [0.4, 0.5) is 0 Å². The maximum absolute atomic E-state index is 10.4. The monoisotopic (exact) mass is 176 g/mol. The quantitative estimate of drug-likeness (QED) is 0.697. The zero-order valence-corrected chi connectivity index (χ0v) is 8.25. The molecule has 1 aliphatic carbocycles. The van der Waals surface area contributed by atoms with Crippen LogP contribution in [0.2, 0.25) is 0 Å². The van der Waals surface area contributed by atoms with E-state index in [1.165, 1.54) is 0 Å². The normalized spacial score (nSPS) is 31.0. The number of aliphatic hydroxyl groups is 1. The lowest BCUT2D eigenvalue weighted by molar-refractivity contribution is -0.156. The van der Waals surface area contributed by atoms with Crippen molar-refractivity contribution in [1.82, 2.24) is 0 Å². The molecule has 1 saturated carbocycles. The molecule has 0 bridgehead atoms. The van der Waals surface area contributed by atoms with Crippen molar-refractivity contribution >= 4 is 0 Å². The third-order valence-corrected chi connectivity index (χ3v) is 3.48. The Balaban J connectivity index is 2.37. The second-order valence-electron chi connectivity index (χ2n) is 4.61. The van der Waals surface area contributed by atoms with E-state index in [0.29, 0.717) is 0 Å². The van der Waals surface area contributed by atoms with E-state index in [0.717, 1.165) is 18.4 Å². The topological polar surface area (TPSA) is 20.2 Å². The summed E-state index contributed by atoms with van der Waals surface area (Å²) >= 11 is 0. The summed E-state index contributed by atoms with van der Waals surface area (Å²) in [6.07, 6.45) is 2.00. The fourth-order valence-electron chi connectivity index (χ4n) is 2.11. The molecule has 0 heterocycles. The number of rotatable bonds is 1. The molecule has 1 fully saturated rings. The zero-order chi connectivity index (χ0) is 9.53. The molecule has 1 N–H and O–H groups in total. The summed E-state index contributed by atoms with van der Waals surface area (Å²) in [5, 5.41) is 10.4. The molecule has 0 radical (unpaired) electrons. The van der Waals surface area contributed by atoms with Crippen LogP contribution in [0.15, 0.2) is 30.3 Å². The van der Waals surface area contributed by atoms with Gasteiger partial charge in [0.1, 0.15) is 0 Å². The third kappa shape index (κ3) is 1.11. The third-order valence-electron chi connectivity index (χ3n) is 3.48. The van der Waals surface area contributed by atoms with Gasteiger partial charge in [0.15, 0.2) is 0 Å². The summed E-state index contributed by atoms with van der Waals surface area (Å²) in [6, 6.07) is 9.99. The van der Waals surface area contributed by atoms with Crippen molar-refractivity contribution in [2.24, 2.45) is 5.41 Å². The molecular formula is C12H16O. The molecule has 0 spiro atoms. The van der Waals surface area contributed by atoms with E-state index in [1.54, 1.807) is 0 Å². The second kappa shape index (κ2) is 2.58. The summed E-state index contributed by atoms with van der Waals surface area (Å²) in [6.45, 7) is 4.26. The summed E-state index contributed by atoms with van der Waals surface area (Å²) < 4.78 is 0. The Morgan fingerprint density at radius 2 is 1.69 bits per heavy atom. The molecule has 1 nitrogen and oxygen atoms in total. The van der Waals surface area contributed by atoms with Gasteiger partial charge in [0.25, 0.3) is 0 Å². The maximum Gasteiger partial charge on any atom is 0.0947 e. The van der Waals surface area contributed by atoms with Gasteiger partial charge >= 0.3 is 0 Å². The van der Waals surface area contributed by atoms with Gasteiger partial charge in [-0.3, -0.25) is 0 Å². The Morgan fingerprint density at radius 1 is 1.08 bits per heavy atom. The molecule has 1 aliphatic rings. The first-order valence-corrected chi connectivity index (χ1v) is 4.84. The summed E-state index contributed by atoms with van der Waals surface area (Å²) in [5.74, 6) is 0. The van der Waals surface area contributed by atoms with Crippen LogP contribution in [-0.4, -0.2) is 5.11 Å². The molecule has 0 aliphatic heterocycles. The van der Waals surface area contributed by atoms with Gasteiger partial charge < -0.3 is 5.11 Å². The fraction of sp³-hybridized carbons (Fsp3) is 0.500. The molecule has 0 amide bonds. The summed E-state index contributed by atoms with van der Waals surface area (Å²) in [4.78, 5) is 0. The summed E-state index contributed by atoms with van der Waals surface area (Å²) in [7, 11) is 0. The Morgan fingerprint density at radius 3 is 2.08 bits per heavy atom. The van der Waals surface area contributed by atoms with Crippen molar-refractivity contribution in [1.29, 1.82) is 0 Å². The molecule has 1 aromatic rings. The first-order chi connectivity index (χ1) is 6.06. The van der Waals surface area contributed by atoms with Crippen molar-refractivity contribution in [2.45, 2.75) is 32.3 Å². The standard InChI is InChI=1S/C12H16O/c1-11(2)8-9-12(11,13)10-6-4-3-5-7-10/h3-7,13H,8-9H2,1-2H3. The van der Waals surface area contributed by atoms with Crippen molar-refractivity contribution in [3.63, 3.8) is 0 Å². The van der Waals surface area contributed by atoms with E-state index in [1.807, 2.05) is 30.3 Å². The highest BCUT2D eigenvalue weighted by atomic mass is 16.3. The lowest BCUT2D eigenvalue weighted by Gasteiger charge is -2.53. The van der Waals surface area contributed by atoms with Crippen molar-refractivity contribution in [3.8, 4) is 0 Å². The highest BCUT2D eigenvalue weighted by molar-refractivity contribution is 5.27. The van der Waals surface area contributed by atoms with Crippen molar-refractivity contribution in [3.05, 3.63) is 35.9 Å². The van der Waals surface area contributed by atoms with E-state index in [9.17, 15) is 5.11 Å². The van der Waals surface area contributed by atoms with Gasteiger partial charge in [0, 0.05) is 0 Å². The fourth-order valence-corrected chi connectivity index (χ4v) is 2.11. The Kier molecular flexibility index (Phi) is 1.74. The van der Waals surface area contributed by atoms with E-state index in [4.69, 9.17) is 0 Å². The van der Waals surface area contributed by atoms with Crippen LogP contribution in [0.25, 0.3) is 0 Å². The van der Waals surface area contributed by atoms with Crippen LogP contribution in [0, 0.1) is 5.41 Å². The average Bonchev–Trinajstić information content (AvgIpc) is 2.16. The molecule has 1 atom stereocenters. The smallest absolute Gasteiger partial charge is 0.0947 e. The highest BCUT2D eigenvalue weighted by Gasteiger charge is 2.52. The average molecular weight is 176 g/mol. The number of benzene rings is 1. The van der Waals surface area contributed by atoms with Crippen LogP contribution >= 0.6 is 0 Å². The molecule has 1 aromatic carbocycles. The molecule has 13 heavy (non-hydrogen) atoms. The van der Waals surface area contributed by atoms with Crippen molar-refractivity contribution < 1.29 is 5.11 Å². The molecule has 0 aromatic heterocycles. The molecule has 2 rings (SSSR count). The van der Waals surface area contributed by atoms with Crippen LogP contribution in [0.3, 0.4) is 0 Å². The minimum atomic E-state index is -0.589. The molecular weight excluding hydrogens is 160 g/mol. The van der Waals surface area contributed by atoms with Gasteiger partial charge in [-0.1, -0.05) is 44.2 Å². The maximum atomic E-state index is 10.4. The van der Waals surface area contributed by atoms with Crippen LogP contribution in [0.1, 0.15) is 32.3 Å². The van der Waals surface area contributed by atoms with E-state index >= 15 is 0 Å². The molecule has 70 valence electrons. The highest BCUT2D eigenvalue weighted by Crippen LogP contribution is 2.55. The van der Waals surface area contributed by atoms with Crippen LogP contribution in [-0.2, 0) is 5.60 Å². The van der Waals surface area contributed by atoms with Crippen LogP contribution in [0.5, 0.6) is 0 Å². The number of hydrogen-bond acceptors (Lipinski definition) is 1. The molecule has 1 unspecified atom stereocenters. The minimum absolute atomic E-state index is 0.0361. The predicted molar refractivity (Wildman–Crippen MR) is 53.4 cm³/mol. The van der Waals surface area contributed by atoms with Gasteiger partial charge in [-0.05, 0) is 23.8 Å². The van der Waals surface area contributed by atoms with E-state index < -0.39 is 5.60 Å². The van der Waals surface area contributed by atoms with Gasteiger partial charge in [-0.2, -0.15) is 0 Å². The van der Waals surface area contributed by atoms with Gasteiger partial charge in [0.2, 0.25) is 0 Å².